The van der Waals surface area contributed by atoms with Gasteiger partial charge in [0.2, 0.25) is 0 Å². The summed E-state index contributed by atoms with van der Waals surface area (Å²) in [5, 5.41) is 2.92. The fraction of sp³-hybridized carbons (Fsp3) is 0.208. The fourth-order valence-corrected chi connectivity index (χ4v) is 3.67. The molecule has 146 valence electrons. The Labute approximate surface area is 170 Å². The van der Waals surface area contributed by atoms with Gasteiger partial charge in [-0.25, -0.2) is 0 Å². The number of anilines is 1. The lowest BCUT2D eigenvalue weighted by atomic mass is 9.99. The molecule has 0 aliphatic carbocycles. The molecule has 0 unspecified atom stereocenters. The highest BCUT2D eigenvalue weighted by Crippen LogP contribution is 2.21. The second-order valence-electron chi connectivity index (χ2n) is 7.45. The number of carbonyl (C=O) groups is 2. The number of fused-ring (bicyclic) bond motifs is 1. The summed E-state index contributed by atoms with van der Waals surface area (Å²) < 4.78 is 0. The molecule has 4 rings (SSSR count). The fourth-order valence-electron chi connectivity index (χ4n) is 3.67. The van der Waals surface area contributed by atoms with Crippen LogP contribution in [0.2, 0.25) is 0 Å². The number of hydrogen-bond acceptors (Lipinski definition) is 3. The van der Waals surface area contributed by atoms with Crippen molar-refractivity contribution in [1.29, 1.82) is 0 Å². The van der Waals surface area contributed by atoms with Gasteiger partial charge in [0.05, 0.1) is 0 Å². The molecule has 0 saturated heterocycles. The lowest BCUT2D eigenvalue weighted by Crippen LogP contribution is -2.36. The summed E-state index contributed by atoms with van der Waals surface area (Å²) in [6.45, 7) is 5.18. The molecule has 0 atom stereocenters. The molecule has 1 N–H and O–H groups in total. The van der Waals surface area contributed by atoms with Gasteiger partial charge in [0.15, 0.2) is 0 Å². The van der Waals surface area contributed by atoms with Crippen molar-refractivity contribution in [3.63, 3.8) is 0 Å². The van der Waals surface area contributed by atoms with Gasteiger partial charge >= 0.3 is 0 Å². The van der Waals surface area contributed by atoms with Crippen LogP contribution in [0.3, 0.4) is 0 Å². The van der Waals surface area contributed by atoms with E-state index >= 15 is 0 Å². The van der Waals surface area contributed by atoms with E-state index < -0.39 is 0 Å². The number of carbonyl (C=O) groups excluding carboxylic acids is 2. The molecule has 5 heteroatoms. The highest BCUT2D eigenvalue weighted by molar-refractivity contribution is 6.06. The van der Waals surface area contributed by atoms with E-state index in [4.69, 9.17) is 0 Å². The van der Waals surface area contributed by atoms with E-state index in [0.29, 0.717) is 18.7 Å². The first-order valence-electron chi connectivity index (χ1n) is 9.72. The summed E-state index contributed by atoms with van der Waals surface area (Å²) in [7, 11) is 0. The second-order valence-corrected chi connectivity index (χ2v) is 7.45. The minimum atomic E-state index is -0.252. The summed E-state index contributed by atoms with van der Waals surface area (Å²) in [6, 6.07) is 17.2. The average molecular weight is 385 g/mol. The number of hydrogen-bond donors (Lipinski definition) is 1. The van der Waals surface area contributed by atoms with Crippen LogP contribution >= 0.6 is 0 Å². The predicted molar refractivity (Wildman–Crippen MR) is 113 cm³/mol. The van der Waals surface area contributed by atoms with E-state index in [1.54, 1.807) is 17.0 Å². The normalized spacial score (nSPS) is 13.0. The SMILES string of the molecule is Cc1ccc(NC(=O)c2ccnc(C(=O)N3CCc4ccccc4C3)c2)c(C)c1. The van der Waals surface area contributed by atoms with E-state index in [2.05, 4.69) is 22.4 Å². The van der Waals surface area contributed by atoms with Crippen molar-refractivity contribution in [1.82, 2.24) is 9.88 Å². The number of amides is 2. The molecule has 0 saturated carbocycles. The first-order chi connectivity index (χ1) is 14.0. The van der Waals surface area contributed by atoms with E-state index in [0.717, 1.165) is 28.8 Å². The Hall–Kier alpha value is -3.47. The van der Waals surface area contributed by atoms with Crippen molar-refractivity contribution in [3.8, 4) is 0 Å². The molecule has 1 aliphatic heterocycles. The van der Waals surface area contributed by atoms with Gasteiger partial charge in [-0.05, 0) is 55.2 Å². The van der Waals surface area contributed by atoms with Crippen LogP contribution in [0.1, 0.15) is 43.1 Å². The van der Waals surface area contributed by atoms with Gasteiger partial charge in [0, 0.05) is 30.5 Å². The molecule has 0 radical (unpaired) electrons. The van der Waals surface area contributed by atoms with Crippen LogP contribution in [0, 0.1) is 13.8 Å². The number of aromatic nitrogens is 1. The molecule has 3 aromatic rings. The standard InChI is InChI=1S/C24H23N3O2/c1-16-7-8-21(17(2)13-16)26-23(28)19-9-11-25-22(14-19)24(29)27-12-10-18-5-3-4-6-20(18)15-27/h3-9,11,13-14H,10,12,15H2,1-2H3,(H,26,28). The maximum absolute atomic E-state index is 13.0. The number of rotatable bonds is 3. The molecule has 2 amide bonds. The van der Waals surface area contributed by atoms with E-state index in [9.17, 15) is 9.59 Å². The molecule has 0 fully saturated rings. The third-order valence-corrected chi connectivity index (χ3v) is 5.29. The molecular weight excluding hydrogens is 362 g/mol. The molecule has 0 bridgehead atoms. The molecule has 1 aromatic heterocycles. The topological polar surface area (TPSA) is 62.3 Å². The summed E-state index contributed by atoms with van der Waals surface area (Å²) in [5.74, 6) is -0.405. The summed E-state index contributed by atoms with van der Waals surface area (Å²) >= 11 is 0. The number of aryl methyl sites for hydroxylation is 2. The van der Waals surface area contributed by atoms with Crippen molar-refractivity contribution in [2.75, 3.05) is 11.9 Å². The lowest BCUT2D eigenvalue weighted by molar-refractivity contribution is 0.0728. The highest BCUT2D eigenvalue weighted by atomic mass is 16.2. The maximum atomic E-state index is 13.0. The highest BCUT2D eigenvalue weighted by Gasteiger charge is 2.23. The summed E-state index contributed by atoms with van der Waals surface area (Å²) in [4.78, 5) is 31.7. The maximum Gasteiger partial charge on any atom is 0.272 e. The van der Waals surface area contributed by atoms with Gasteiger partial charge in [-0.3, -0.25) is 14.6 Å². The third kappa shape index (κ3) is 4.04. The van der Waals surface area contributed by atoms with Crippen molar-refractivity contribution in [2.24, 2.45) is 0 Å². The smallest absolute Gasteiger partial charge is 0.272 e. The number of pyridine rings is 1. The van der Waals surface area contributed by atoms with Crippen LogP contribution in [0.25, 0.3) is 0 Å². The summed E-state index contributed by atoms with van der Waals surface area (Å²) in [6.07, 6.45) is 2.34. The Morgan fingerprint density at radius 2 is 1.79 bits per heavy atom. The molecule has 0 spiro atoms. The first-order valence-corrected chi connectivity index (χ1v) is 9.72. The predicted octanol–water partition coefficient (Wildman–Crippen LogP) is 4.15. The Morgan fingerprint density at radius 3 is 2.59 bits per heavy atom. The van der Waals surface area contributed by atoms with Gasteiger partial charge in [0.25, 0.3) is 11.8 Å². The Kier molecular flexibility index (Phi) is 5.12. The Bertz CT molecular complexity index is 1090. The van der Waals surface area contributed by atoms with Crippen molar-refractivity contribution in [3.05, 3.63) is 94.3 Å². The van der Waals surface area contributed by atoms with E-state index in [1.165, 1.54) is 11.8 Å². The van der Waals surface area contributed by atoms with Crippen LogP contribution in [-0.4, -0.2) is 28.2 Å². The quantitative estimate of drug-likeness (QED) is 0.737. The van der Waals surface area contributed by atoms with Crippen molar-refractivity contribution in [2.45, 2.75) is 26.8 Å². The van der Waals surface area contributed by atoms with Gasteiger partial charge in [-0.2, -0.15) is 0 Å². The second kappa shape index (κ2) is 7.87. The zero-order valence-electron chi connectivity index (χ0n) is 16.6. The Balaban J connectivity index is 1.51. The van der Waals surface area contributed by atoms with Gasteiger partial charge in [-0.15, -0.1) is 0 Å². The van der Waals surface area contributed by atoms with Crippen LogP contribution in [0.4, 0.5) is 5.69 Å². The molecule has 29 heavy (non-hydrogen) atoms. The molecule has 2 aromatic carbocycles. The monoisotopic (exact) mass is 385 g/mol. The van der Waals surface area contributed by atoms with Gasteiger partial charge < -0.3 is 10.2 Å². The molecule has 5 nitrogen and oxygen atoms in total. The van der Waals surface area contributed by atoms with E-state index in [1.807, 2.05) is 44.2 Å². The van der Waals surface area contributed by atoms with E-state index in [-0.39, 0.29) is 17.5 Å². The van der Waals surface area contributed by atoms with Crippen molar-refractivity contribution < 1.29 is 9.59 Å². The third-order valence-electron chi connectivity index (χ3n) is 5.29. The van der Waals surface area contributed by atoms with Crippen molar-refractivity contribution >= 4 is 17.5 Å². The lowest BCUT2D eigenvalue weighted by Gasteiger charge is -2.28. The van der Waals surface area contributed by atoms with Crippen LogP contribution < -0.4 is 5.32 Å². The van der Waals surface area contributed by atoms with Crippen LogP contribution in [0.15, 0.2) is 60.8 Å². The minimum Gasteiger partial charge on any atom is -0.333 e. The zero-order chi connectivity index (χ0) is 20.4. The minimum absolute atomic E-state index is 0.152. The largest absolute Gasteiger partial charge is 0.333 e. The number of nitrogens with zero attached hydrogens (tertiary/aromatic N) is 2. The van der Waals surface area contributed by atoms with Gasteiger partial charge in [0.1, 0.15) is 5.69 Å². The number of nitrogens with one attached hydrogen (secondary N) is 1. The van der Waals surface area contributed by atoms with Crippen LogP contribution in [-0.2, 0) is 13.0 Å². The number of benzene rings is 2. The van der Waals surface area contributed by atoms with Crippen LogP contribution in [0.5, 0.6) is 0 Å². The molecular formula is C24H23N3O2. The first kappa shape index (κ1) is 18.9. The molecule has 1 aliphatic rings. The average Bonchev–Trinajstić information content (AvgIpc) is 2.75. The summed E-state index contributed by atoms with van der Waals surface area (Å²) in [5.41, 5.74) is 6.05. The zero-order valence-corrected chi connectivity index (χ0v) is 16.6. The Morgan fingerprint density at radius 1 is 1.00 bits per heavy atom. The van der Waals surface area contributed by atoms with Gasteiger partial charge in [-0.1, -0.05) is 42.0 Å². The molecule has 2 heterocycles.